The van der Waals surface area contributed by atoms with Crippen LogP contribution in [0.2, 0.25) is 0 Å². The first kappa shape index (κ1) is 27.4. The third kappa shape index (κ3) is 6.92. The Bertz CT molecular complexity index is 1110. The number of anilines is 1. The second kappa shape index (κ2) is 13.2. The van der Waals surface area contributed by atoms with E-state index in [0.29, 0.717) is 34.2 Å². The Kier molecular flexibility index (Phi) is 10.0. The van der Waals surface area contributed by atoms with Gasteiger partial charge in [-0.05, 0) is 67.4 Å². The van der Waals surface area contributed by atoms with Crippen molar-refractivity contribution < 1.29 is 19.1 Å². The zero-order chi connectivity index (χ0) is 26.1. The average Bonchev–Trinajstić information content (AvgIpc) is 2.88. The Balaban J connectivity index is 1.78. The van der Waals surface area contributed by atoms with Gasteiger partial charge in [0.15, 0.2) is 5.11 Å². The SMILES string of the molecule is CCCCCc1ccc(C(=O)Nc2cccc(C3NC(=S)N(C)C(C)=C3C(=O)OCCOC)c2)cc1. The molecule has 0 saturated heterocycles. The summed E-state index contributed by atoms with van der Waals surface area (Å²) < 4.78 is 10.4. The van der Waals surface area contributed by atoms with Crippen LogP contribution in [0.5, 0.6) is 0 Å². The van der Waals surface area contributed by atoms with Crippen molar-refractivity contribution in [2.45, 2.75) is 45.6 Å². The zero-order valence-corrected chi connectivity index (χ0v) is 22.2. The van der Waals surface area contributed by atoms with E-state index in [1.165, 1.54) is 18.4 Å². The first-order chi connectivity index (χ1) is 17.3. The number of nitrogens with zero attached hydrogens (tertiary/aromatic N) is 1. The van der Waals surface area contributed by atoms with Crippen molar-refractivity contribution in [3.8, 4) is 0 Å². The third-order valence-electron chi connectivity index (χ3n) is 6.26. The maximum atomic E-state index is 13.0. The topological polar surface area (TPSA) is 79.9 Å². The fourth-order valence-corrected chi connectivity index (χ4v) is 4.30. The second-order valence-electron chi connectivity index (χ2n) is 8.80. The minimum atomic E-state index is -0.511. The summed E-state index contributed by atoms with van der Waals surface area (Å²) in [4.78, 5) is 27.6. The monoisotopic (exact) mass is 509 g/mol. The Morgan fingerprint density at radius 2 is 1.86 bits per heavy atom. The molecule has 1 amide bonds. The summed E-state index contributed by atoms with van der Waals surface area (Å²) in [5, 5.41) is 6.70. The molecule has 2 aromatic rings. The highest BCUT2D eigenvalue weighted by Crippen LogP contribution is 2.32. The van der Waals surface area contributed by atoms with Gasteiger partial charge in [-0.2, -0.15) is 0 Å². The number of carbonyl (C=O) groups excluding carboxylic acids is 2. The van der Waals surface area contributed by atoms with Crippen molar-refractivity contribution in [3.05, 3.63) is 76.5 Å². The molecule has 0 bridgehead atoms. The number of esters is 1. The van der Waals surface area contributed by atoms with Gasteiger partial charge >= 0.3 is 5.97 Å². The number of hydrogen-bond acceptors (Lipinski definition) is 5. The van der Waals surface area contributed by atoms with Crippen molar-refractivity contribution in [1.82, 2.24) is 10.2 Å². The lowest BCUT2D eigenvalue weighted by Crippen LogP contribution is -2.46. The summed E-state index contributed by atoms with van der Waals surface area (Å²) in [6.07, 6.45) is 4.56. The van der Waals surface area contributed by atoms with Gasteiger partial charge in [-0.1, -0.05) is 44.0 Å². The first-order valence-electron chi connectivity index (χ1n) is 12.3. The van der Waals surface area contributed by atoms with Crippen LogP contribution in [0.15, 0.2) is 59.8 Å². The Labute approximate surface area is 218 Å². The molecular formula is C28H35N3O4S. The van der Waals surface area contributed by atoms with Crippen molar-refractivity contribution in [2.75, 3.05) is 32.7 Å². The number of thiocarbonyl (C=S) groups is 1. The van der Waals surface area contributed by atoms with E-state index >= 15 is 0 Å². The molecule has 0 aromatic heterocycles. The normalized spacial score (nSPS) is 15.5. The average molecular weight is 510 g/mol. The van der Waals surface area contributed by atoms with Crippen LogP contribution >= 0.6 is 12.2 Å². The minimum absolute atomic E-state index is 0.153. The molecule has 8 heteroatoms. The molecule has 2 N–H and O–H groups in total. The third-order valence-corrected chi connectivity index (χ3v) is 6.65. The molecule has 0 saturated carbocycles. The van der Waals surface area contributed by atoms with Crippen molar-refractivity contribution in [1.29, 1.82) is 0 Å². The molecule has 192 valence electrons. The number of nitrogens with one attached hydrogen (secondary N) is 2. The molecule has 2 aromatic carbocycles. The molecule has 0 radical (unpaired) electrons. The van der Waals surface area contributed by atoms with Gasteiger partial charge in [0.1, 0.15) is 6.61 Å². The highest BCUT2D eigenvalue weighted by atomic mass is 32.1. The second-order valence-corrected chi connectivity index (χ2v) is 9.19. The summed E-state index contributed by atoms with van der Waals surface area (Å²) in [6, 6.07) is 14.6. The van der Waals surface area contributed by atoms with Crippen LogP contribution in [-0.2, 0) is 20.7 Å². The molecule has 1 aliphatic heterocycles. The summed E-state index contributed by atoms with van der Waals surface area (Å²) >= 11 is 5.48. The number of hydrogen-bond donors (Lipinski definition) is 2. The van der Waals surface area contributed by atoms with Gasteiger partial charge in [0.2, 0.25) is 0 Å². The number of allylic oxidation sites excluding steroid dienone is 1. The molecule has 1 unspecified atom stereocenters. The quantitative estimate of drug-likeness (QED) is 0.251. The van der Waals surface area contributed by atoms with Crippen molar-refractivity contribution in [3.63, 3.8) is 0 Å². The number of rotatable bonds is 11. The molecule has 1 heterocycles. The van der Waals surface area contributed by atoms with Crippen LogP contribution in [0, 0.1) is 0 Å². The largest absolute Gasteiger partial charge is 0.460 e. The minimum Gasteiger partial charge on any atom is -0.460 e. The zero-order valence-electron chi connectivity index (χ0n) is 21.4. The van der Waals surface area contributed by atoms with E-state index < -0.39 is 12.0 Å². The van der Waals surface area contributed by atoms with Gasteiger partial charge in [-0.3, -0.25) is 4.79 Å². The van der Waals surface area contributed by atoms with E-state index in [1.54, 1.807) is 19.1 Å². The van der Waals surface area contributed by atoms with Gasteiger partial charge in [0, 0.05) is 31.1 Å². The molecule has 3 rings (SSSR count). The fourth-order valence-electron chi connectivity index (χ4n) is 4.05. The molecule has 36 heavy (non-hydrogen) atoms. The summed E-state index contributed by atoms with van der Waals surface area (Å²) in [6.45, 7) is 4.49. The Morgan fingerprint density at radius 3 is 2.56 bits per heavy atom. The van der Waals surface area contributed by atoms with Crippen LogP contribution in [0.4, 0.5) is 5.69 Å². The van der Waals surface area contributed by atoms with Gasteiger partial charge in [-0.15, -0.1) is 0 Å². The van der Waals surface area contributed by atoms with E-state index in [4.69, 9.17) is 21.7 Å². The van der Waals surface area contributed by atoms with Crippen molar-refractivity contribution in [2.24, 2.45) is 0 Å². The number of carbonyl (C=O) groups is 2. The van der Waals surface area contributed by atoms with E-state index in [-0.39, 0.29) is 12.5 Å². The van der Waals surface area contributed by atoms with Crippen LogP contribution < -0.4 is 10.6 Å². The number of methoxy groups -OCH3 is 1. The molecule has 7 nitrogen and oxygen atoms in total. The molecule has 0 fully saturated rings. The predicted octanol–water partition coefficient (Wildman–Crippen LogP) is 5.00. The lowest BCUT2D eigenvalue weighted by Gasteiger charge is -2.35. The number of benzene rings is 2. The highest BCUT2D eigenvalue weighted by molar-refractivity contribution is 7.80. The number of unbranched alkanes of at least 4 members (excludes halogenated alkanes) is 2. The van der Waals surface area contributed by atoms with E-state index in [0.717, 1.165) is 18.4 Å². The van der Waals surface area contributed by atoms with E-state index in [2.05, 4.69) is 17.6 Å². The molecule has 1 atom stereocenters. The predicted molar refractivity (Wildman–Crippen MR) is 146 cm³/mol. The van der Waals surface area contributed by atoms with Crippen LogP contribution in [0.25, 0.3) is 0 Å². The molecule has 0 spiro atoms. The number of ether oxygens (including phenoxy) is 2. The van der Waals surface area contributed by atoms with Gasteiger partial charge in [0.05, 0.1) is 18.2 Å². The van der Waals surface area contributed by atoms with Crippen LogP contribution in [0.3, 0.4) is 0 Å². The molecular weight excluding hydrogens is 474 g/mol. The van der Waals surface area contributed by atoms with Gasteiger partial charge in [-0.25, -0.2) is 4.79 Å². The maximum Gasteiger partial charge on any atom is 0.338 e. The first-order valence-corrected chi connectivity index (χ1v) is 12.7. The van der Waals surface area contributed by atoms with Gasteiger partial charge < -0.3 is 25.0 Å². The number of aryl methyl sites for hydroxylation is 1. The van der Waals surface area contributed by atoms with E-state index in [9.17, 15) is 9.59 Å². The van der Waals surface area contributed by atoms with Crippen molar-refractivity contribution >= 4 is 34.9 Å². The van der Waals surface area contributed by atoms with Crippen LogP contribution in [0.1, 0.15) is 60.6 Å². The fraction of sp³-hybridized carbons (Fsp3) is 0.393. The van der Waals surface area contributed by atoms with E-state index in [1.807, 2.05) is 55.5 Å². The Morgan fingerprint density at radius 1 is 1.11 bits per heavy atom. The summed E-state index contributed by atoms with van der Waals surface area (Å²) in [7, 11) is 3.35. The molecule has 1 aliphatic rings. The molecule has 0 aliphatic carbocycles. The Hall–Kier alpha value is -3.23. The summed E-state index contributed by atoms with van der Waals surface area (Å²) in [5.41, 5.74) is 4.41. The van der Waals surface area contributed by atoms with Gasteiger partial charge in [0.25, 0.3) is 5.91 Å². The lowest BCUT2D eigenvalue weighted by atomic mass is 9.94. The standard InChI is InChI=1S/C28H35N3O4S/c1-5-6-7-9-20-12-14-21(15-13-20)26(32)29-23-11-8-10-22(18-23)25-24(27(33)35-17-16-34-4)19(2)31(3)28(36)30-25/h8,10-15,18,25H,5-7,9,16-17H2,1-4H3,(H,29,32)(H,30,36). The smallest absolute Gasteiger partial charge is 0.338 e. The lowest BCUT2D eigenvalue weighted by molar-refractivity contribution is -0.140. The summed E-state index contributed by atoms with van der Waals surface area (Å²) in [5.74, 6) is -0.630. The number of amides is 1. The highest BCUT2D eigenvalue weighted by Gasteiger charge is 2.33. The van der Waals surface area contributed by atoms with Crippen LogP contribution in [-0.4, -0.2) is 49.3 Å². The maximum absolute atomic E-state index is 13.0.